The Morgan fingerprint density at radius 1 is 1.37 bits per heavy atom. The van der Waals surface area contributed by atoms with E-state index in [1.165, 1.54) is 0 Å². The predicted molar refractivity (Wildman–Crippen MR) is 81.8 cm³/mol. The molecular formula is C16H26N2O. The molecule has 0 spiro atoms. The van der Waals surface area contributed by atoms with Gasteiger partial charge in [-0.25, -0.2) is 0 Å². The van der Waals surface area contributed by atoms with Crippen molar-refractivity contribution >= 4 is 11.6 Å². The average molecular weight is 262 g/mol. The van der Waals surface area contributed by atoms with Crippen molar-refractivity contribution in [3.8, 4) is 0 Å². The molecule has 0 aliphatic carbocycles. The molecule has 1 aromatic carbocycles. The van der Waals surface area contributed by atoms with Gasteiger partial charge in [0.25, 0.3) is 5.91 Å². The van der Waals surface area contributed by atoms with Crippen LogP contribution in [0, 0.1) is 12.8 Å². The molecule has 3 heteroatoms. The number of carbonyl (C=O) groups excluding carboxylic acids is 1. The van der Waals surface area contributed by atoms with Gasteiger partial charge in [-0.15, -0.1) is 0 Å². The predicted octanol–water partition coefficient (Wildman–Crippen LogP) is 3.54. The molecule has 0 saturated carbocycles. The second-order valence-electron chi connectivity index (χ2n) is 5.47. The Kier molecular flexibility index (Phi) is 5.87. The molecule has 0 heterocycles. The smallest absolute Gasteiger partial charge is 0.253 e. The van der Waals surface area contributed by atoms with Crippen molar-refractivity contribution < 1.29 is 4.79 Å². The molecule has 0 aliphatic heterocycles. The van der Waals surface area contributed by atoms with Crippen LogP contribution in [0.15, 0.2) is 18.2 Å². The summed E-state index contributed by atoms with van der Waals surface area (Å²) in [6.07, 6.45) is 1.04. The summed E-state index contributed by atoms with van der Waals surface area (Å²) < 4.78 is 0. The molecule has 0 aliphatic rings. The molecule has 1 N–H and O–H groups in total. The van der Waals surface area contributed by atoms with Crippen LogP contribution in [0.25, 0.3) is 0 Å². The first kappa shape index (κ1) is 15.5. The Bertz CT molecular complexity index is 427. The second kappa shape index (κ2) is 7.17. The SMILES string of the molecule is CCNc1ccc(C(=O)N(C)CCC(C)C)cc1C. The minimum Gasteiger partial charge on any atom is -0.385 e. The monoisotopic (exact) mass is 262 g/mol. The van der Waals surface area contributed by atoms with Crippen LogP contribution in [-0.4, -0.2) is 30.9 Å². The van der Waals surface area contributed by atoms with Gasteiger partial charge in [0, 0.05) is 31.4 Å². The fourth-order valence-corrected chi connectivity index (χ4v) is 1.96. The van der Waals surface area contributed by atoms with Crippen molar-refractivity contribution in [2.75, 3.05) is 25.5 Å². The lowest BCUT2D eigenvalue weighted by molar-refractivity contribution is 0.0789. The Morgan fingerprint density at radius 3 is 2.58 bits per heavy atom. The highest BCUT2D eigenvalue weighted by atomic mass is 16.2. The number of benzene rings is 1. The van der Waals surface area contributed by atoms with Gasteiger partial charge in [-0.2, -0.15) is 0 Å². The van der Waals surface area contributed by atoms with E-state index in [1.54, 1.807) is 0 Å². The van der Waals surface area contributed by atoms with E-state index in [9.17, 15) is 4.79 Å². The Balaban J connectivity index is 2.74. The number of hydrogen-bond donors (Lipinski definition) is 1. The van der Waals surface area contributed by atoms with Crippen molar-refractivity contribution in [3.05, 3.63) is 29.3 Å². The van der Waals surface area contributed by atoms with Crippen LogP contribution in [0.2, 0.25) is 0 Å². The summed E-state index contributed by atoms with van der Waals surface area (Å²) in [5.41, 5.74) is 2.99. The maximum atomic E-state index is 12.3. The van der Waals surface area contributed by atoms with E-state index in [1.807, 2.05) is 37.1 Å². The van der Waals surface area contributed by atoms with Crippen molar-refractivity contribution in [2.24, 2.45) is 5.92 Å². The molecule has 0 radical (unpaired) electrons. The molecule has 0 bridgehead atoms. The van der Waals surface area contributed by atoms with E-state index in [4.69, 9.17) is 0 Å². The standard InChI is InChI=1S/C16H26N2O/c1-6-17-15-8-7-14(11-13(15)4)16(19)18(5)10-9-12(2)3/h7-8,11-12,17H,6,9-10H2,1-5H3. The van der Waals surface area contributed by atoms with E-state index in [0.717, 1.165) is 36.3 Å². The first-order valence-corrected chi connectivity index (χ1v) is 7.05. The third kappa shape index (κ3) is 4.58. The van der Waals surface area contributed by atoms with Gasteiger partial charge in [-0.1, -0.05) is 13.8 Å². The first-order valence-electron chi connectivity index (χ1n) is 7.05. The minimum atomic E-state index is 0.104. The molecule has 1 aromatic rings. The Morgan fingerprint density at radius 2 is 2.05 bits per heavy atom. The lowest BCUT2D eigenvalue weighted by Gasteiger charge is -2.19. The second-order valence-corrected chi connectivity index (χ2v) is 5.47. The summed E-state index contributed by atoms with van der Waals surface area (Å²) in [6.45, 7) is 10.1. The number of aryl methyl sites for hydroxylation is 1. The highest BCUT2D eigenvalue weighted by molar-refractivity contribution is 5.94. The Labute approximate surface area is 117 Å². The molecule has 0 fully saturated rings. The number of carbonyl (C=O) groups is 1. The zero-order valence-corrected chi connectivity index (χ0v) is 12.8. The van der Waals surface area contributed by atoms with Gasteiger partial charge >= 0.3 is 0 Å². The average Bonchev–Trinajstić information content (AvgIpc) is 2.37. The van der Waals surface area contributed by atoms with E-state index in [0.29, 0.717) is 5.92 Å². The molecule has 0 saturated heterocycles. The normalized spacial score (nSPS) is 10.6. The summed E-state index contributed by atoms with van der Waals surface area (Å²) in [6, 6.07) is 5.85. The third-order valence-corrected chi connectivity index (χ3v) is 3.23. The molecule has 0 aromatic heterocycles. The fourth-order valence-electron chi connectivity index (χ4n) is 1.96. The van der Waals surface area contributed by atoms with Gasteiger partial charge in [-0.05, 0) is 49.9 Å². The summed E-state index contributed by atoms with van der Waals surface area (Å²) in [4.78, 5) is 14.1. The van der Waals surface area contributed by atoms with Gasteiger partial charge in [0.05, 0.1) is 0 Å². The van der Waals surface area contributed by atoms with E-state index in [2.05, 4.69) is 26.1 Å². The fraction of sp³-hybridized carbons (Fsp3) is 0.562. The zero-order chi connectivity index (χ0) is 14.4. The molecule has 3 nitrogen and oxygen atoms in total. The summed E-state index contributed by atoms with van der Waals surface area (Å²) in [5, 5.41) is 3.29. The number of nitrogens with one attached hydrogen (secondary N) is 1. The third-order valence-electron chi connectivity index (χ3n) is 3.23. The summed E-state index contributed by atoms with van der Waals surface area (Å²) >= 11 is 0. The Hall–Kier alpha value is -1.51. The van der Waals surface area contributed by atoms with E-state index < -0.39 is 0 Å². The van der Waals surface area contributed by atoms with Crippen molar-refractivity contribution in [1.29, 1.82) is 0 Å². The molecule has 0 unspecified atom stereocenters. The molecule has 19 heavy (non-hydrogen) atoms. The van der Waals surface area contributed by atoms with E-state index in [-0.39, 0.29) is 5.91 Å². The lowest BCUT2D eigenvalue weighted by Crippen LogP contribution is -2.28. The van der Waals surface area contributed by atoms with Gasteiger partial charge < -0.3 is 10.2 Å². The minimum absolute atomic E-state index is 0.104. The molecule has 0 atom stereocenters. The van der Waals surface area contributed by atoms with Crippen molar-refractivity contribution in [2.45, 2.75) is 34.1 Å². The first-order chi connectivity index (χ1) is 8.95. The molecule has 106 valence electrons. The van der Waals surface area contributed by atoms with Crippen LogP contribution in [0.5, 0.6) is 0 Å². The topological polar surface area (TPSA) is 32.3 Å². The van der Waals surface area contributed by atoms with Gasteiger partial charge in [0.1, 0.15) is 0 Å². The number of hydrogen-bond acceptors (Lipinski definition) is 2. The van der Waals surface area contributed by atoms with Crippen LogP contribution >= 0.6 is 0 Å². The maximum Gasteiger partial charge on any atom is 0.253 e. The van der Waals surface area contributed by atoms with Crippen LogP contribution in [0.4, 0.5) is 5.69 Å². The van der Waals surface area contributed by atoms with Crippen molar-refractivity contribution in [3.63, 3.8) is 0 Å². The van der Waals surface area contributed by atoms with Crippen LogP contribution in [0.1, 0.15) is 43.1 Å². The van der Waals surface area contributed by atoms with Crippen LogP contribution < -0.4 is 5.32 Å². The highest BCUT2D eigenvalue weighted by Gasteiger charge is 2.12. The number of amides is 1. The van der Waals surface area contributed by atoms with Gasteiger partial charge in [-0.3, -0.25) is 4.79 Å². The van der Waals surface area contributed by atoms with Crippen LogP contribution in [-0.2, 0) is 0 Å². The van der Waals surface area contributed by atoms with E-state index >= 15 is 0 Å². The number of nitrogens with zero attached hydrogens (tertiary/aromatic N) is 1. The quantitative estimate of drug-likeness (QED) is 0.850. The lowest BCUT2D eigenvalue weighted by atomic mass is 10.1. The summed E-state index contributed by atoms with van der Waals surface area (Å²) in [5.74, 6) is 0.722. The zero-order valence-electron chi connectivity index (χ0n) is 12.8. The van der Waals surface area contributed by atoms with Gasteiger partial charge in [0.2, 0.25) is 0 Å². The number of anilines is 1. The molecular weight excluding hydrogens is 236 g/mol. The molecule has 1 rings (SSSR count). The summed E-state index contributed by atoms with van der Waals surface area (Å²) in [7, 11) is 1.87. The maximum absolute atomic E-state index is 12.3. The van der Waals surface area contributed by atoms with Gasteiger partial charge in [0.15, 0.2) is 0 Å². The highest BCUT2D eigenvalue weighted by Crippen LogP contribution is 2.17. The van der Waals surface area contributed by atoms with Crippen LogP contribution in [0.3, 0.4) is 0 Å². The van der Waals surface area contributed by atoms with Crippen molar-refractivity contribution in [1.82, 2.24) is 4.90 Å². The largest absolute Gasteiger partial charge is 0.385 e. The molecule has 1 amide bonds. The number of rotatable bonds is 6.